The highest BCUT2D eigenvalue weighted by Gasteiger charge is 2.15. The molecule has 0 radical (unpaired) electrons. The average Bonchev–Trinajstić information content (AvgIpc) is 2.46. The summed E-state index contributed by atoms with van der Waals surface area (Å²) in [7, 11) is 0. The molecule has 106 valence electrons. The Morgan fingerprint density at radius 2 is 1.90 bits per heavy atom. The van der Waals surface area contributed by atoms with Gasteiger partial charge in [0.2, 0.25) is 0 Å². The molecule has 21 heavy (non-hydrogen) atoms. The third-order valence-corrected chi connectivity index (χ3v) is 3.42. The zero-order chi connectivity index (χ0) is 15.4. The van der Waals surface area contributed by atoms with E-state index in [2.05, 4.69) is 5.32 Å². The summed E-state index contributed by atoms with van der Waals surface area (Å²) in [6, 6.07) is 12.3. The molecule has 0 aromatic heterocycles. The fraction of sp³-hybridized carbons (Fsp3) is 0.188. The average molecular weight is 281 g/mol. The first-order valence-corrected chi connectivity index (χ1v) is 6.50. The standard InChI is InChI=1S/C16H15N3O2/c1-11-4-3-5-12(2)14(11)10-18-15-7-6-13(9-17)8-16(15)19(20)21/h3-8,18H,10H2,1-2H3. The lowest BCUT2D eigenvalue weighted by atomic mass is 10.0. The monoisotopic (exact) mass is 281 g/mol. The normalized spacial score (nSPS) is 9.95. The Balaban J connectivity index is 2.28. The Bertz CT molecular complexity index is 713. The molecule has 0 amide bonds. The molecule has 0 aliphatic heterocycles. The lowest BCUT2D eigenvalue weighted by Crippen LogP contribution is -2.05. The van der Waals surface area contributed by atoms with Gasteiger partial charge < -0.3 is 5.32 Å². The van der Waals surface area contributed by atoms with Gasteiger partial charge in [-0.05, 0) is 42.7 Å². The molecule has 1 N–H and O–H groups in total. The van der Waals surface area contributed by atoms with Gasteiger partial charge in [0, 0.05) is 12.6 Å². The molecule has 0 saturated carbocycles. The molecular weight excluding hydrogens is 266 g/mol. The first-order chi connectivity index (χ1) is 10.0. The van der Waals surface area contributed by atoms with Crippen LogP contribution in [0.5, 0.6) is 0 Å². The number of rotatable bonds is 4. The summed E-state index contributed by atoms with van der Waals surface area (Å²) >= 11 is 0. The fourth-order valence-electron chi connectivity index (χ4n) is 2.21. The van der Waals surface area contributed by atoms with Crippen LogP contribution in [0.1, 0.15) is 22.3 Å². The van der Waals surface area contributed by atoms with Crippen LogP contribution in [-0.4, -0.2) is 4.92 Å². The van der Waals surface area contributed by atoms with Crippen LogP contribution in [0.3, 0.4) is 0 Å². The van der Waals surface area contributed by atoms with Gasteiger partial charge in [0.05, 0.1) is 16.6 Å². The van der Waals surface area contributed by atoms with E-state index in [1.165, 1.54) is 6.07 Å². The second kappa shape index (κ2) is 6.06. The van der Waals surface area contributed by atoms with E-state index in [0.717, 1.165) is 16.7 Å². The van der Waals surface area contributed by atoms with Gasteiger partial charge in [0.25, 0.3) is 5.69 Å². The maximum atomic E-state index is 11.1. The minimum Gasteiger partial charge on any atom is -0.375 e. The summed E-state index contributed by atoms with van der Waals surface area (Å²) in [6.45, 7) is 4.53. The second-order valence-corrected chi connectivity index (χ2v) is 4.82. The fourth-order valence-corrected chi connectivity index (χ4v) is 2.21. The molecule has 0 bridgehead atoms. The number of nitro groups is 1. The van der Waals surface area contributed by atoms with Crippen molar-refractivity contribution < 1.29 is 4.92 Å². The number of nitrogens with one attached hydrogen (secondary N) is 1. The van der Waals surface area contributed by atoms with Crippen molar-refractivity contribution in [2.45, 2.75) is 20.4 Å². The van der Waals surface area contributed by atoms with Crippen molar-refractivity contribution in [3.8, 4) is 6.07 Å². The van der Waals surface area contributed by atoms with E-state index >= 15 is 0 Å². The molecule has 5 heteroatoms. The van der Waals surface area contributed by atoms with E-state index in [9.17, 15) is 10.1 Å². The van der Waals surface area contributed by atoms with E-state index in [1.807, 2.05) is 38.1 Å². The maximum Gasteiger partial charge on any atom is 0.293 e. The molecule has 0 aliphatic rings. The van der Waals surface area contributed by atoms with Crippen molar-refractivity contribution in [1.29, 1.82) is 5.26 Å². The van der Waals surface area contributed by atoms with Gasteiger partial charge in [0.15, 0.2) is 0 Å². The summed E-state index contributed by atoms with van der Waals surface area (Å²) in [6.07, 6.45) is 0. The first kappa shape index (κ1) is 14.5. The topological polar surface area (TPSA) is 79.0 Å². The van der Waals surface area contributed by atoms with Crippen LogP contribution in [0.15, 0.2) is 36.4 Å². The highest BCUT2D eigenvalue weighted by molar-refractivity contribution is 5.64. The van der Waals surface area contributed by atoms with Crippen LogP contribution in [-0.2, 0) is 6.54 Å². The van der Waals surface area contributed by atoms with Crippen molar-refractivity contribution in [2.24, 2.45) is 0 Å². The maximum absolute atomic E-state index is 11.1. The van der Waals surface area contributed by atoms with Crippen LogP contribution in [0, 0.1) is 35.3 Å². The molecule has 2 rings (SSSR count). The van der Waals surface area contributed by atoms with E-state index in [0.29, 0.717) is 12.2 Å². The molecule has 2 aromatic carbocycles. The van der Waals surface area contributed by atoms with Gasteiger partial charge in [-0.2, -0.15) is 5.26 Å². The molecular formula is C16H15N3O2. The van der Waals surface area contributed by atoms with Crippen molar-refractivity contribution in [2.75, 3.05) is 5.32 Å². The Hall–Kier alpha value is -2.87. The number of aryl methyl sites for hydroxylation is 2. The summed E-state index contributed by atoms with van der Waals surface area (Å²) in [5.41, 5.74) is 4.01. The molecule has 0 spiro atoms. The molecule has 5 nitrogen and oxygen atoms in total. The zero-order valence-electron chi connectivity index (χ0n) is 11.9. The van der Waals surface area contributed by atoms with Gasteiger partial charge in [-0.25, -0.2) is 0 Å². The number of hydrogen-bond donors (Lipinski definition) is 1. The number of nitro benzene ring substituents is 1. The molecule has 2 aromatic rings. The van der Waals surface area contributed by atoms with E-state index in [1.54, 1.807) is 12.1 Å². The smallest absolute Gasteiger partial charge is 0.293 e. The summed E-state index contributed by atoms with van der Waals surface area (Å²) in [5.74, 6) is 0. The number of benzene rings is 2. The predicted octanol–water partition coefficient (Wildman–Crippen LogP) is 3.70. The summed E-state index contributed by atoms with van der Waals surface area (Å²) < 4.78 is 0. The van der Waals surface area contributed by atoms with Crippen molar-refractivity contribution in [3.63, 3.8) is 0 Å². The van der Waals surface area contributed by atoms with Gasteiger partial charge in [-0.15, -0.1) is 0 Å². The Morgan fingerprint density at radius 1 is 1.24 bits per heavy atom. The summed E-state index contributed by atoms with van der Waals surface area (Å²) in [5, 5.41) is 23.0. The largest absolute Gasteiger partial charge is 0.375 e. The van der Waals surface area contributed by atoms with E-state index < -0.39 is 4.92 Å². The van der Waals surface area contributed by atoms with Gasteiger partial charge in [-0.3, -0.25) is 10.1 Å². The third-order valence-electron chi connectivity index (χ3n) is 3.42. The molecule has 0 aliphatic carbocycles. The highest BCUT2D eigenvalue weighted by atomic mass is 16.6. The molecule has 0 unspecified atom stereocenters. The van der Waals surface area contributed by atoms with Crippen LogP contribution in [0.4, 0.5) is 11.4 Å². The number of hydrogen-bond acceptors (Lipinski definition) is 4. The number of anilines is 1. The predicted molar refractivity (Wildman–Crippen MR) is 81.1 cm³/mol. The van der Waals surface area contributed by atoms with Gasteiger partial charge >= 0.3 is 0 Å². The minimum absolute atomic E-state index is 0.0831. The van der Waals surface area contributed by atoms with Crippen LogP contribution in [0.2, 0.25) is 0 Å². The third kappa shape index (κ3) is 3.18. The lowest BCUT2D eigenvalue weighted by molar-refractivity contribution is -0.384. The van der Waals surface area contributed by atoms with Gasteiger partial charge in [0.1, 0.15) is 5.69 Å². The van der Waals surface area contributed by atoms with Crippen molar-refractivity contribution in [1.82, 2.24) is 0 Å². The quantitative estimate of drug-likeness (QED) is 0.684. The number of nitrogens with zero attached hydrogens (tertiary/aromatic N) is 2. The van der Waals surface area contributed by atoms with Gasteiger partial charge in [-0.1, -0.05) is 18.2 Å². The van der Waals surface area contributed by atoms with E-state index in [4.69, 9.17) is 5.26 Å². The summed E-state index contributed by atoms with van der Waals surface area (Å²) in [4.78, 5) is 10.6. The minimum atomic E-state index is -0.478. The highest BCUT2D eigenvalue weighted by Crippen LogP contribution is 2.26. The van der Waals surface area contributed by atoms with Crippen molar-refractivity contribution >= 4 is 11.4 Å². The first-order valence-electron chi connectivity index (χ1n) is 6.50. The van der Waals surface area contributed by atoms with Crippen LogP contribution < -0.4 is 5.32 Å². The Kier molecular flexibility index (Phi) is 4.19. The van der Waals surface area contributed by atoms with E-state index in [-0.39, 0.29) is 11.3 Å². The number of nitriles is 1. The zero-order valence-corrected chi connectivity index (χ0v) is 11.9. The van der Waals surface area contributed by atoms with Crippen LogP contribution >= 0.6 is 0 Å². The Labute approximate surface area is 123 Å². The second-order valence-electron chi connectivity index (χ2n) is 4.82. The molecule has 0 saturated heterocycles. The molecule has 0 atom stereocenters. The SMILES string of the molecule is Cc1cccc(C)c1CNc1ccc(C#N)cc1[N+](=O)[O-]. The Morgan fingerprint density at radius 3 is 2.48 bits per heavy atom. The van der Waals surface area contributed by atoms with Crippen molar-refractivity contribution in [3.05, 3.63) is 68.8 Å². The molecule has 0 fully saturated rings. The van der Waals surface area contributed by atoms with Crippen LogP contribution in [0.25, 0.3) is 0 Å². The lowest BCUT2D eigenvalue weighted by Gasteiger charge is -2.12. The molecule has 0 heterocycles.